The highest BCUT2D eigenvalue weighted by Gasteiger charge is 2.40. The lowest BCUT2D eigenvalue weighted by Gasteiger charge is -2.44. The van der Waals surface area contributed by atoms with E-state index < -0.39 is 0 Å². The van der Waals surface area contributed by atoms with E-state index in [-0.39, 0.29) is 37.3 Å². The number of carbonyl (C=O) groups is 1. The van der Waals surface area contributed by atoms with Crippen LogP contribution < -0.4 is 0 Å². The van der Waals surface area contributed by atoms with E-state index in [4.69, 9.17) is 27.9 Å². The van der Waals surface area contributed by atoms with Crippen LogP contribution in [0.15, 0.2) is 48.5 Å². The van der Waals surface area contributed by atoms with Crippen molar-refractivity contribution in [2.24, 2.45) is 0 Å². The molecule has 3 unspecified atom stereocenters. The Hall–Kier alpha value is -1.59. The number of aliphatic hydroxyl groups is 1. The van der Waals surface area contributed by atoms with Crippen LogP contribution in [0.5, 0.6) is 0 Å². The highest BCUT2D eigenvalue weighted by atomic mass is 35.5. The summed E-state index contributed by atoms with van der Waals surface area (Å²) in [5.41, 5.74) is 1.78. The first kappa shape index (κ1) is 18.2. The van der Waals surface area contributed by atoms with Crippen LogP contribution in [0.4, 0.5) is 0 Å². The number of carbonyl (C=O) groups excluding carboxylic acids is 1. The second-order valence-electron chi connectivity index (χ2n) is 6.12. The van der Waals surface area contributed by atoms with Crippen LogP contribution in [0, 0.1) is 0 Å². The summed E-state index contributed by atoms with van der Waals surface area (Å²) >= 11 is 12.2. The van der Waals surface area contributed by atoms with E-state index in [1.165, 1.54) is 0 Å². The summed E-state index contributed by atoms with van der Waals surface area (Å²) in [5.74, 6) is -0.153. The van der Waals surface area contributed by atoms with Crippen molar-refractivity contribution in [3.05, 3.63) is 69.7 Å². The van der Waals surface area contributed by atoms with E-state index in [0.29, 0.717) is 10.0 Å². The lowest BCUT2D eigenvalue weighted by atomic mass is 9.91. The molecule has 3 atom stereocenters. The Morgan fingerprint density at radius 1 is 1.16 bits per heavy atom. The summed E-state index contributed by atoms with van der Waals surface area (Å²) in [4.78, 5) is 14.2. The number of morpholine rings is 1. The number of hydrogen-bond acceptors (Lipinski definition) is 3. The van der Waals surface area contributed by atoms with Crippen molar-refractivity contribution in [2.75, 3.05) is 13.2 Å². The van der Waals surface area contributed by atoms with Gasteiger partial charge in [-0.3, -0.25) is 4.79 Å². The second-order valence-corrected chi connectivity index (χ2v) is 6.99. The molecule has 0 aromatic heterocycles. The van der Waals surface area contributed by atoms with Crippen LogP contribution in [-0.4, -0.2) is 35.2 Å². The average Bonchev–Trinajstić information content (AvgIpc) is 2.61. The fourth-order valence-corrected chi connectivity index (χ4v) is 3.52. The smallest absolute Gasteiger partial charge is 0.249 e. The van der Waals surface area contributed by atoms with Gasteiger partial charge in [0.05, 0.1) is 18.7 Å². The topological polar surface area (TPSA) is 49.8 Å². The summed E-state index contributed by atoms with van der Waals surface area (Å²) < 4.78 is 5.89. The largest absolute Gasteiger partial charge is 0.394 e. The third-order valence-corrected chi connectivity index (χ3v) is 4.88. The molecule has 2 aromatic carbocycles. The molecule has 0 spiro atoms. The summed E-state index contributed by atoms with van der Waals surface area (Å²) in [6, 6.07) is 14.0. The minimum Gasteiger partial charge on any atom is -0.394 e. The summed E-state index contributed by atoms with van der Waals surface area (Å²) in [6.07, 6.45) is -0.383. The zero-order chi connectivity index (χ0) is 18.0. The molecule has 132 valence electrons. The predicted molar refractivity (Wildman–Crippen MR) is 97.7 cm³/mol. The maximum absolute atomic E-state index is 12.5. The highest BCUT2D eigenvalue weighted by Crippen LogP contribution is 2.41. The zero-order valence-corrected chi connectivity index (χ0v) is 15.2. The molecule has 6 heteroatoms. The molecule has 1 heterocycles. The molecule has 1 N–H and O–H groups in total. The fraction of sp³-hybridized carbons (Fsp3) is 0.316. The molecule has 0 bridgehead atoms. The first-order valence-corrected chi connectivity index (χ1v) is 8.81. The number of benzene rings is 2. The van der Waals surface area contributed by atoms with E-state index in [2.05, 4.69) is 0 Å². The number of amides is 1. The molecule has 3 rings (SSSR count). The summed E-state index contributed by atoms with van der Waals surface area (Å²) in [7, 11) is 0. The van der Waals surface area contributed by atoms with E-state index in [0.717, 1.165) is 11.1 Å². The molecule has 4 nitrogen and oxygen atoms in total. The van der Waals surface area contributed by atoms with Crippen molar-refractivity contribution in [2.45, 2.75) is 25.1 Å². The Kier molecular flexibility index (Phi) is 5.64. The maximum Gasteiger partial charge on any atom is 0.249 e. The van der Waals surface area contributed by atoms with Gasteiger partial charge in [-0.2, -0.15) is 0 Å². The Bertz CT molecular complexity index is 751. The van der Waals surface area contributed by atoms with Gasteiger partial charge in [-0.05, 0) is 42.3 Å². The van der Waals surface area contributed by atoms with Gasteiger partial charge in [0.25, 0.3) is 0 Å². The summed E-state index contributed by atoms with van der Waals surface area (Å²) in [6.45, 7) is 1.66. The first-order valence-electron chi connectivity index (χ1n) is 8.06. The van der Waals surface area contributed by atoms with E-state index in [1.54, 1.807) is 23.1 Å². The minimum atomic E-state index is -0.383. The minimum absolute atomic E-state index is 0.0361. The molecular formula is C19H19Cl2NO3. The molecule has 0 radical (unpaired) electrons. The van der Waals surface area contributed by atoms with Gasteiger partial charge in [0.2, 0.25) is 5.91 Å². The SMILES string of the molecule is CC(CO)N1C(=O)COC(c2cccc(Cl)c2)C1c1ccc(Cl)cc1. The van der Waals surface area contributed by atoms with Gasteiger partial charge in [0.15, 0.2) is 0 Å². The van der Waals surface area contributed by atoms with Crippen molar-refractivity contribution in [1.29, 1.82) is 0 Å². The lowest BCUT2D eigenvalue weighted by molar-refractivity contribution is -0.164. The van der Waals surface area contributed by atoms with Crippen molar-refractivity contribution in [3.8, 4) is 0 Å². The molecule has 1 saturated heterocycles. The van der Waals surface area contributed by atoms with Gasteiger partial charge in [-0.25, -0.2) is 0 Å². The number of nitrogens with zero attached hydrogens (tertiary/aromatic N) is 1. The number of hydrogen-bond donors (Lipinski definition) is 1. The zero-order valence-electron chi connectivity index (χ0n) is 13.7. The third kappa shape index (κ3) is 3.82. The lowest BCUT2D eigenvalue weighted by Crippen LogP contribution is -2.51. The van der Waals surface area contributed by atoms with E-state index in [1.807, 2.05) is 37.3 Å². The number of ether oxygens (including phenoxy) is 1. The van der Waals surface area contributed by atoms with Crippen LogP contribution in [-0.2, 0) is 9.53 Å². The Morgan fingerprint density at radius 2 is 1.88 bits per heavy atom. The van der Waals surface area contributed by atoms with Gasteiger partial charge in [-0.15, -0.1) is 0 Å². The van der Waals surface area contributed by atoms with Gasteiger partial charge < -0.3 is 14.7 Å². The van der Waals surface area contributed by atoms with Crippen molar-refractivity contribution in [3.63, 3.8) is 0 Å². The molecule has 0 saturated carbocycles. The standard InChI is InChI=1S/C19H19Cl2NO3/c1-12(10-23)22-17(24)11-25-19(14-3-2-4-16(21)9-14)18(22)13-5-7-15(20)8-6-13/h2-9,12,18-19,23H,10-11H2,1H3. The molecular weight excluding hydrogens is 361 g/mol. The Morgan fingerprint density at radius 3 is 2.52 bits per heavy atom. The van der Waals surface area contributed by atoms with Crippen molar-refractivity contribution in [1.82, 2.24) is 4.90 Å². The maximum atomic E-state index is 12.5. The van der Waals surface area contributed by atoms with Crippen LogP contribution in [0.3, 0.4) is 0 Å². The second kappa shape index (κ2) is 7.75. The molecule has 2 aromatic rings. The Labute approximate surface area is 156 Å². The molecule has 0 aliphatic carbocycles. The molecule has 1 aliphatic heterocycles. The monoisotopic (exact) mass is 379 g/mol. The van der Waals surface area contributed by atoms with Crippen LogP contribution in [0.2, 0.25) is 10.0 Å². The van der Waals surface area contributed by atoms with Gasteiger partial charge >= 0.3 is 0 Å². The van der Waals surface area contributed by atoms with Gasteiger partial charge in [-0.1, -0.05) is 47.5 Å². The third-order valence-electron chi connectivity index (χ3n) is 4.39. The van der Waals surface area contributed by atoms with Gasteiger partial charge in [0, 0.05) is 10.0 Å². The fourth-order valence-electron chi connectivity index (χ4n) is 3.19. The summed E-state index contributed by atoms with van der Waals surface area (Å²) in [5, 5.41) is 10.9. The normalized spacial score (nSPS) is 22.1. The van der Waals surface area contributed by atoms with Crippen molar-refractivity contribution >= 4 is 29.1 Å². The number of rotatable bonds is 4. The quantitative estimate of drug-likeness (QED) is 0.872. The average molecular weight is 380 g/mol. The van der Waals surface area contributed by atoms with Crippen molar-refractivity contribution < 1.29 is 14.6 Å². The Balaban J connectivity index is 2.08. The predicted octanol–water partition coefficient (Wildman–Crippen LogP) is 4.02. The van der Waals surface area contributed by atoms with Crippen LogP contribution in [0.1, 0.15) is 30.2 Å². The molecule has 25 heavy (non-hydrogen) atoms. The van der Waals surface area contributed by atoms with Gasteiger partial charge in [0.1, 0.15) is 12.7 Å². The molecule has 1 amide bonds. The van der Waals surface area contributed by atoms with E-state index in [9.17, 15) is 9.90 Å². The van der Waals surface area contributed by atoms with Crippen LogP contribution in [0.25, 0.3) is 0 Å². The first-order chi connectivity index (χ1) is 12.0. The van der Waals surface area contributed by atoms with Crippen LogP contribution >= 0.6 is 23.2 Å². The molecule has 1 fully saturated rings. The number of halogens is 2. The number of aliphatic hydroxyl groups excluding tert-OH is 1. The van der Waals surface area contributed by atoms with E-state index >= 15 is 0 Å². The molecule has 1 aliphatic rings. The highest BCUT2D eigenvalue weighted by molar-refractivity contribution is 6.30.